The topological polar surface area (TPSA) is 68.7 Å². The Morgan fingerprint density at radius 3 is 2.57 bits per heavy atom. The number of H-pyrrole nitrogens is 1. The SMILES string of the molecule is Cc1[nH]c2ccccc2c1C(=O)Nc1ccc(C#N)cc1. The van der Waals surface area contributed by atoms with Crippen LogP contribution >= 0.6 is 0 Å². The van der Waals surface area contributed by atoms with Gasteiger partial charge in [-0.05, 0) is 37.3 Å². The minimum Gasteiger partial charge on any atom is -0.358 e. The van der Waals surface area contributed by atoms with Crippen LogP contribution in [-0.4, -0.2) is 10.9 Å². The molecule has 0 fully saturated rings. The first-order valence-electron chi connectivity index (χ1n) is 6.58. The summed E-state index contributed by atoms with van der Waals surface area (Å²) in [5.74, 6) is -0.158. The van der Waals surface area contributed by atoms with Crippen molar-refractivity contribution in [1.29, 1.82) is 5.26 Å². The molecule has 4 nitrogen and oxygen atoms in total. The van der Waals surface area contributed by atoms with Gasteiger partial charge in [0.1, 0.15) is 0 Å². The Hall–Kier alpha value is -3.06. The van der Waals surface area contributed by atoms with E-state index in [-0.39, 0.29) is 5.91 Å². The number of nitriles is 1. The highest BCUT2D eigenvalue weighted by Gasteiger charge is 2.15. The molecule has 2 N–H and O–H groups in total. The number of benzene rings is 2. The third-order valence-electron chi connectivity index (χ3n) is 3.39. The lowest BCUT2D eigenvalue weighted by Crippen LogP contribution is -2.12. The molecule has 1 amide bonds. The zero-order valence-electron chi connectivity index (χ0n) is 11.5. The van der Waals surface area contributed by atoms with Crippen LogP contribution in [0.15, 0.2) is 48.5 Å². The average Bonchev–Trinajstić information content (AvgIpc) is 2.83. The van der Waals surface area contributed by atoms with Crippen LogP contribution in [-0.2, 0) is 0 Å². The van der Waals surface area contributed by atoms with Gasteiger partial charge >= 0.3 is 0 Å². The van der Waals surface area contributed by atoms with Crippen molar-refractivity contribution in [3.8, 4) is 6.07 Å². The van der Waals surface area contributed by atoms with Gasteiger partial charge in [0.15, 0.2) is 0 Å². The molecule has 0 spiro atoms. The molecular weight excluding hydrogens is 262 g/mol. The van der Waals surface area contributed by atoms with E-state index < -0.39 is 0 Å². The largest absolute Gasteiger partial charge is 0.358 e. The van der Waals surface area contributed by atoms with E-state index in [4.69, 9.17) is 5.26 Å². The van der Waals surface area contributed by atoms with Crippen molar-refractivity contribution in [3.05, 3.63) is 65.4 Å². The van der Waals surface area contributed by atoms with Crippen molar-refractivity contribution >= 4 is 22.5 Å². The van der Waals surface area contributed by atoms with Gasteiger partial charge in [0.05, 0.1) is 17.2 Å². The number of nitrogens with zero attached hydrogens (tertiary/aromatic N) is 1. The summed E-state index contributed by atoms with van der Waals surface area (Å²) in [6, 6.07) is 16.6. The van der Waals surface area contributed by atoms with Crippen LogP contribution < -0.4 is 5.32 Å². The van der Waals surface area contributed by atoms with Gasteiger partial charge in [-0.15, -0.1) is 0 Å². The Bertz CT molecular complexity index is 854. The Morgan fingerprint density at radius 2 is 1.86 bits per heavy atom. The lowest BCUT2D eigenvalue weighted by molar-refractivity contribution is 0.102. The Kier molecular flexibility index (Phi) is 3.17. The van der Waals surface area contributed by atoms with Gasteiger partial charge in [-0.25, -0.2) is 0 Å². The molecule has 4 heteroatoms. The molecule has 0 saturated heterocycles. The molecule has 1 aromatic heterocycles. The highest BCUT2D eigenvalue weighted by Crippen LogP contribution is 2.23. The number of rotatable bonds is 2. The van der Waals surface area contributed by atoms with Gasteiger partial charge in [-0.2, -0.15) is 5.26 Å². The Labute approximate surface area is 122 Å². The van der Waals surface area contributed by atoms with E-state index in [2.05, 4.69) is 16.4 Å². The molecule has 0 aliphatic rings. The lowest BCUT2D eigenvalue weighted by atomic mass is 10.1. The van der Waals surface area contributed by atoms with E-state index in [1.54, 1.807) is 24.3 Å². The third-order valence-corrected chi connectivity index (χ3v) is 3.39. The molecule has 0 radical (unpaired) electrons. The summed E-state index contributed by atoms with van der Waals surface area (Å²) in [7, 11) is 0. The minimum absolute atomic E-state index is 0.158. The molecule has 0 bridgehead atoms. The maximum atomic E-state index is 12.5. The van der Waals surface area contributed by atoms with Crippen molar-refractivity contribution in [1.82, 2.24) is 4.98 Å². The number of nitrogens with one attached hydrogen (secondary N) is 2. The molecule has 1 heterocycles. The Morgan fingerprint density at radius 1 is 1.14 bits per heavy atom. The second-order valence-electron chi connectivity index (χ2n) is 4.81. The molecule has 0 aliphatic carbocycles. The number of anilines is 1. The van der Waals surface area contributed by atoms with Crippen LogP contribution in [0.2, 0.25) is 0 Å². The monoisotopic (exact) mass is 275 g/mol. The molecule has 3 aromatic rings. The maximum Gasteiger partial charge on any atom is 0.258 e. The van der Waals surface area contributed by atoms with Crippen molar-refractivity contribution < 1.29 is 4.79 Å². The van der Waals surface area contributed by atoms with E-state index in [9.17, 15) is 4.79 Å². The van der Waals surface area contributed by atoms with Gasteiger partial charge in [-0.3, -0.25) is 4.79 Å². The fourth-order valence-corrected chi connectivity index (χ4v) is 2.39. The Balaban J connectivity index is 1.93. The summed E-state index contributed by atoms with van der Waals surface area (Å²) < 4.78 is 0. The number of para-hydroxylation sites is 1. The molecule has 3 rings (SSSR count). The van der Waals surface area contributed by atoms with E-state index in [1.807, 2.05) is 31.2 Å². The highest BCUT2D eigenvalue weighted by molar-refractivity contribution is 6.13. The number of aryl methyl sites for hydroxylation is 1. The smallest absolute Gasteiger partial charge is 0.258 e. The lowest BCUT2D eigenvalue weighted by Gasteiger charge is -2.05. The van der Waals surface area contributed by atoms with E-state index in [0.29, 0.717) is 16.8 Å². The molecular formula is C17H13N3O. The number of fused-ring (bicyclic) bond motifs is 1. The second-order valence-corrected chi connectivity index (χ2v) is 4.81. The van der Waals surface area contributed by atoms with Gasteiger partial charge in [0.25, 0.3) is 5.91 Å². The van der Waals surface area contributed by atoms with Gasteiger partial charge in [-0.1, -0.05) is 18.2 Å². The summed E-state index contributed by atoms with van der Waals surface area (Å²) >= 11 is 0. The van der Waals surface area contributed by atoms with Crippen LogP contribution in [0, 0.1) is 18.3 Å². The summed E-state index contributed by atoms with van der Waals surface area (Å²) in [6.07, 6.45) is 0. The van der Waals surface area contributed by atoms with Crippen LogP contribution in [0.25, 0.3) is 10.9 Å². The number of carbonyl (C=O) groups is 1. The molecule has 0 unspecified atom stereocenters. The average molecular weight is 275 g/mol. The summed E-state index contributed by atoms with van der Waals surface area (Å²) in [6.45, 7) is 1.88. The van der Waals surface area contributed by atoms with Crippen molar-refractivity contribution in [3.63, 3.8) is 0 Å². The van der Waals surface area contributed by atoms with Crippen molar-refractivity contribution in [2.45, 2.75) is 6.92 Å². The number of amides is 1. The van der Waals surface area contributed by atoms with Crippen LogP contribution in [0.1, 0.15) is 21.6 Å². The first kappa shape index (κ1) is 12.9. The van der Waals surface area contributed by atoms with Gasteiger partial charge < -0.3 is 10.3 Å². The second kappa shape index (κ2) is 5.14. The molecule has 102 valence electrons. The zero-order valence-corrected chi connectivity index (χ0v) is 11.5. The van der Waals surface area contributed by atoms with E-state index >= 15 is 0 Å². The number of aromatic amines is 1. The number of aromatic nitrogens is 1. The number of carbonyl (C=O) groups excluding carboxylic acids is 1. The quantitative estimate of drug-likeness (QED) is 0.750. The third kappa shape index (κ3) is 2.37. The van der Waals surface area contributed by atoms with Crippen LogP contribution in [0.4, 0.5) is 5.69 Å². The standard InChI is InChI=1S/C17H13N3O/c1-11-16(14-4-2-3-5-15(14)19-11)17(21)20-13-8-6-12(10-18)7-9-13/h2-9,19H,1H3,(H,20,21). The number of hydrogen-bond acceptors (Lipinski definition) is 2. The van der Waals surface area contributed by atoms with Crippen LogP contribution in [0.5, 0.6) is 0 Å². The number of hydrogen-bond donors (Lipinski definition) is 2. The van der Waals surface area contributed by atoms with Crippen molar-refractivity contribution in [2.24, 2.45) is 0 Å². The fourth-order valence-electron chi connectivity index (χ4n) is 2.39. The zero-order chi connectivity index (χ0) is 14.8. The normalized spacial score (nSPS) is 10.3. The molecule has 0 atom stereocenters. The van der Waals surface area contributed by atoms with E-state index in [1.165, 1.54) is 0 Å². The maximum absolute atomic E-state index is 12.5. The summed E-state index contributed by atoms with van der Waals surface area (Å²) in [4.78, 5) is 15.7. The molecule has 2 aromatic carbocycles. The predicted octanol–water partition coefficient (Wildman–Crippen LogP) is 3.60. The van der Waals surface area contributed by atoms with Gasteiger partial charge in [0.2, 0.25) is 0 Å². The summed E-state index contributed by atoms with van der Waals surface area (Å²) in [5, 5.41) is 12.5. The van der Waals surface area contributed by atoms with Crippen LogP contribution in [0.3, 0.4) is 0 Å². The fraction of sp³-hybridized carbons (Fsp3) is 0.0588. The minimum atomic E-state index is -0.158. The first-order chi connectivity index (χ1) is 10.2. The van der Waals surface area contributed by atoms with Gasteiger partial charge in [0, 0.05) is 22.3 Å². The summed E-state index contributed by atoms with van der Waals surface area (Å²) in [5.41, 5.74) is 3.66. The van der Waals surface area contributed by atoms with Crippen molar-refractivity contribution in [2.75, 3.05) is 5.32 Å². The van der Waals surface area contributed by atoms with E-state index in [0.717, 1.165) is 16.6 Å². The molecule has 21 heavy (non-hydrogen) atoms. The predicted molar refractivity (Wildman–Crippen MR) is 82.1 cm³/mol. The molecule has 0 saturated carbocycles. The first-order valence-corrected chi connectivity index (χ1v) is 6.58. The molecule has 0 aliphatic heterocycles. The highest BCUT2D eigenvalue weighted by atomic mass is 16.1.